The molecule has 2 rings (SSSR count). The van der Waals surface area contributed by atoms with Gasteiger partial charge in [0.2, 0.25) is 0 Å². The Labute approximate surface area is 129 Å². The number of nitrogens with zero attached hydrogens (tertiary/aromatic N) is 1. The van der Waals surface area contributed by atoms with Gasteiger partial charge in [-0.15, -0.1) is 0 Å². The molecule has 1 saturated carbocycles. The van der Waals surface area contributed by atoms with Gasteiger partial charge in [0, 0.05) is 12.1 Å². The molecule has 1 saturated heterocycles. The Morgan fingerprint density at radius 3 is 2.62 bits per heavy atom. The largest absolute Gasteiger partial charge is 0.480 e. The molecule has 0 spiro atoms. The fraction of sp³-hybridized carbons (Fsp3) is 0.941. The first-order valence-corrected chi connectivity index (χ1v) is 8.47. The van der Waals surface area contributed by atoms with E-state index in [4.69, 9.17) is 0 Å². The lowest BCUT2D eigenvalue weighted by Crippen LogP contribution is -2.54. The Hall–Kier alpha value is -0.610. The third-order valence-electron chi connectivity index (χ3n) is 5.27. The molecule has 0 aromatic carbocycles. The zero-order chi connectivity index (χ0) is 15.7. The van der Waals surface area contributed by atoms with Crippen LogP contribution in [0.25, 0.3) is 0 Å². The van der Waals surface area contributed by atoms with Gasteiger partial charge in [-0.1, -0.05) is 13.8 Å². The summed E-state index contributed by atoms with van der Waals surface area (Å²) in [5, 5.41) is 13.0. The standard InChI is InChI=1S/C17H32N2O2/c1-13(19-10-5-8-16(2,3)9-11-19)12-17(4,15(20)21)18-14-6-7-14/h13-14,18H,5-12H2,1-4H3,(H,20,21). The molecule has 2 unspecified atom stereocenters. The number of nitrogens with one attached hydrogen (secondary N) is 1. The zero-order valence-electron chi connectivity index (χ0n) is 14.1. The molecule has 2 N–H and O–H groups in total. The smallest absolute Gasteiger partial charge is 0.323 e. The molecule has 1 aliphatic heterocycles. The second-order valence-corrected chi connectivity index (χ2v) is 8.16. The fourth-order valence-electron chi connectivity index (χ4n) is 3.49. The van der Waals surface area contributed by atoms with Crippen molar-refractivity contribution in [2.45, 2.75) is 83.8 Å². The molecule has 122 valence electrons. The van der Waals surface area contributed by atoms with Gasteiger partial charge in [-0.3, -0.25) is 10.1 Å². The molecular weight excluding hydrogens is 264 g/mol. The molecule has 2 fully saturated rings. The molecule has 0 aromatic rings. The monoisotopic (exact) mass is 296 g/mol. The first-order chi connectivity index (χ1) is 9.72. The third kappa shape index (κ3) is 4.68. The average Bonchev–Trinajstić information content (AvgIpc) is 3.16. The summed E-state index contributed by atoms with van der Waals surface area (Å²) in [4.78, 5) is 14.2. The molecule has 4 nitrogen and oxygen atoms in total. The van der Waals surface area contributed by atoms with E-state index in [1.165, 1.54) is 19.3 Å². The minimum Gasteiger partial charge on any atom is -0.480 e. The molecule has 0 amide bonds. The van der Waals surface area contributed by atoms with Crippen molar-refractivity contribution in [2.75, 3.05) is 13.1 Å². The molecule has 0 radical (unpaired) electrons. The van der Waals surface area contributed by atoms with E-state index in [-0.39, 0.29) is 0 Å². The van der Waals surface area contributed by atoms with Crippen LogP contribution in [0.3, 0.4) is 0 Å². The zero-order valence-corrected chi connectivity index (χ0v) is 14.1. The lowest BCUT2D eigenvalue weighted by atomic mass is 9.85. The van der Waals surface area contributed by atoms with E-state index < -0.39 is 11.5 Å². The Bertz CT molecular complexity index is 379. The van der Waals surface area contributed by atoms with Gasteiger partial charge in [0.1, 0.15) is 5.54 Å². The van der Waals surface area contributed by atoms with Gasteiger partial charge < -0.3 is 10.0 Å². The number of carbonyl (C=O) groups is 1. The van der Waals surface area contributed by atoms with E-state index in [1.54, 1.807) is 0 Å². The van der Waals surface area contributed by atoms with Gasteiger partial charge >= 0.3 is 5.97 Å². The van der Waals surface area contributed by atoms with Crippen LogP contribution in [0.1, 0.15) is 66.2 Å². The Balaban J connectivity index is 1.94. The second kappa shape index (κ2) is 6.25. The maximum atomic E-state index is 11.7. The van der Waals surface area contributed by atoms with Crippen molar-refractivity contribution in [2.24, 2.45) is 5.41 Å². The van der Waals surface area contributed by atoms with E-state index in [0.717, 1.165) is 25.9 Å². The predicted molar refractivity (Wildman–Crippen MR) is 85.5 cm³/mol. The predicted octanol–water partition coefficient (Wildman–Crippen LogP) is 2.87. The van der Waals surface area contributed by atoms with Crippen LogP contribution < -0.4 is 5.32 Å². The van der Waals surface area contributed by atoms with Crippen LogP contribution in [-0.4, -0.2) is 46.7 Å². The van der Waals surface area contributed by atoms with E-state index in [0.29, 0.717) is 23.9 Å². The molecule has 1 aliphatic carbocycles. The van der Waals surface area contributed by atoms with E-state index >= 15 is 0 Å². The molecule has 21 heavy (non-hydrogen) atoms. The van der Waals surface area contributed by atoms with Gasteiger partial charge in [0.05, 0.1) is 0 Å². The second-order valence-electron chi connectivity index (χ2n) is 8.16. The van der Waals surface area contributed by atoms with Crippen molar-refractivity contribution in [3.8, 4) is 0 Å². The van der Waals surface area contributed by atoms with Gasteiger partial charge in [-0.2, -0.15) is 0 Å². The first kappa shape index (κ1) is 16.8. The first-order valence-electron chi connectivity index (χ1n) is 8.47. The lowest BCUT2D eigenvalue weighted by molar-refractivity contribution is -0.145. The number of carboxylic acids is 1. The highest BCUT2D eigenvalue weighted by atomic mass is 16.4. The highest BCUT2D eigenvalue weighted by Gasteiger charge is 2.40. The van der Waals surface area contributed by atoms with Crippen LogP contribution in [0.2, 0.25) is 0 Å². The van der Waals surface area contributed by atoms with Crippen molar-refractivity contribution in [3.05, 3.63) is 0 Å². The van der Waals surface area contributed by atoms with Crippen LogP contribution in [-0.2, 0) is 4.79 Å². The van der Waals surface area contributed by atoms with Crippen LogP contribution >= 0.6 is 0 Å². The summed E-state index contributed by atoms with van der Waals surface area (Å²) in [5.41, 5.74) is -0.362. The van der Waals surface area contributed by atoms with Crippen molar-refractivity contribution < 1.29 is 9.90 Å². The lowest BCUT2D eigenvalue weighted by Gasteiger charge is -2.35. The number of rotatable bonds is 6. The van der Waals surface area contributed by atoms with Gasteiger partial charge in [0.15, 0.2) is 0 Å². The Kier molecular flexibility index (Phi) is 4.99. The maximum absolute atomic E-state index is 11.7. The number of aliphatic carboxylic acids is 1. The normalized spacial score (nSPS) is 27.6. The summed E-state index contributed by atoms with van der Waals surface area (Å²) in [7, 11) is 0. The van der Waals surface area contributed by atoms with Gasteiger partial charge in [0.25, 0.3) is 0 Å². The number of carboxylic acid groups (broad SMARTS) is 1. The Morgan fingerprint density at radius 1 is 1.38 bits per heavy atom. The Morgan fingerprint density at radius 2 is 2.05 bits per heavy atom. The summed E-state index contributed by atoms with van der Waals surface area (Å²) in [6.45, 7) is 10.9. The SMILES string of the molecule is CC(CC(C)(NC1CC1)C(=O)O)N1CCCC(C)(C)CC1. The van der Waals surface area contributed by atoms with E-state index in [1.807, 2.05) is 6.92 Å². The molecular formula is C17H32N2O2. The van der Waals surface area contributed by atoms with Crippen LogP contribution in [0.4, 0.5) is 0 Å². The highest BCUT2D eigenvalue weighted by molar-refractivity contribution is 5.78. The average molecular weight is 296 g/mol. The molecule has 4 heteroatoms. The number of hydrogen-bond donors (Lipinski definition) is 2. The number of hydrogen-bond acceptors (Lipinski definition) is 3. The van der Waals surface area contributed by atoms with Crippen molar-refractivity contribution in [3.63, 3.8) is 0 Å². The van der Waals surface area contributed by atoms with Crippen LogP contribution in [0.5, 0.6) is 0 Å². The molecule has 2 aliphatic rings. The van der Waals surface area contributed by atoms with Crippen LogP contribution in [0.15, 0.2) is 0 Å². The molecule has 0 aromatic heterocycles. The topological polar surface area (TPSA) is 52.6 Å². The highest BCUT2D eigenvalue weighted by Crippen LogP contribution is 2.32. The maximum Gasteiger partial charge on any atom is 0.323 e. The molecule has 1 heterocycles. The third-order valence-corrected chi connectivity index (χ3v) is 5.27. The van der Waals surface area contributed by atoms with Crippen molar-refractivity contribution in [1.29, 1.82) is 0 Å². The van der Waals surface area contributed by atoms with E-state index in [2.05, 4.69) is 31.0 Å². The van der Waals surface area contributed by atoms with E-state index in [9.17, 15) is 9.90 Å². The van der Waals surface area contributed by atoms with Crippen molar-refractivity contribution >= 4 is 5.97 Å². The summed E-state index contributed by atoms with van der Waals surface area (Å²) < 4.78 is 0. The summed E-state index contributed by atoms with van der Waals surface area (Å²) in [6.07, 6.45) is 6.62. The summed E-state index contributed by atoms with van der Waals surface area (Å²) >= 11 is 0. The van der Waals surface area contributed by atoms with Gasteiger partial charge in [-0.05, 0) is 70.9 Å². The fourth-order valence-corrected chi connectivity index (χ4v) is 3.49. The quantitative estimate of drug-likeness (QED) is 0.791. The number of likely N-dealkylation sites (tertiary alicyclic amines) is 1. The molecule has 0 bridgehead atoms. The summed E-state index contributed by atoms with van der Waals surface area (Å²) in [6, 6.07) is 0.729. The van der Waals surface area contributed by atoms with Crippen LogP contribution in [0, 0.1) is 5.41 Å². The minimum absolute atomic E-state index is 0.311. The van der Waals surface area contributed by atoms with Gasteiger partial charge in [-0.25, -0.2) is 0 Å². The molecule has 2 atom stereocenters. The summed E-state index contributed by atoms with van der Waals surface area (Å²) in [5.74, 6) is -0.712. The minimum atomic E-state index is -0.789. The van der Waals surface area contributed by atoms with Crippen molar-refractivity contribution in [1.82, 2.24) is 10.2 Å².